The van der Waals surface area contributed by atoms with Crippen LogP contribution in [0.2, 0.25) is 0 Å². The van der Waals surface area contributed by atoms with Gasteiger partial charge >= 0.3 is 0 Å². The third-order valence-electron chi connectivity index (χ3n) is 4.30. The summed E-state index contributed by atoms with van der Waals surface area (Å²) in [6.45, 7) is 0. The fraction of sp³-hybridized carbons (Fsp3) is 0.333. The van der Waals surface area contributed by atoms with E-state index in [4.69, 9.17) is 5.73 Å². The van der Waals surface area contributed by atoms with Crippen LogP contribution in [0.5, 0.6) is 0 Å². The summed E-state index contributed by atoms with van der Waals surface area (Å²) in [5.74, 6) is -0.271. The standard InChI is InChI=1S/C21H25N3O3S2/c1-28-12-9-18(19(22)25)24-20(26)17(13-15-5-3-2-4-6-15)14-29-21(27)16-7-10-23-11-8-16/h2-8,10-11,17-18H,9,12-14H2,1H3,(H2,22,25)(H,24,26)/t17-,18+/m1/s1. The number of carbonyl (C=O) groups excluding carboxylic acids is 3. The first-order chi connectivity index (χ1) is 14.0. The van der Waals surface area contributed by atoms with Crippen LogP contribution in [-0.2, 0) is 16.0 Å². The lowest BCUT2D eigenvalue weighted by Gasteiger charge is -2.20. The lowest BCUT2D eigenvalue weighted by atomic mass is 9.99. The van der Waals surface area contributed by atoms with Crippen molar-refractivity contribution in [3.63, 3.8) is 0 Å². The fourth-order valence-electron chi connectivity index (χ4n) is 2.68. The summed E-state index contributed by atoms with van der Waals surface area (Å²) in [7, 11) is 0. The highest BCUT2D eigenvalue weighted by molar-refractivity contribution is 8.14. The molecule has 2 rings (SSSR count). The molecule has 29 heavy (non-hydrogen) atoms. The summed E-state index contributed by atoms with van der Waals surface area (Å²) < 4.78 is 0. The van der Waals surface area contributed by atoms with E-state index in [2.05, 4.69) is 10.3 Å². The molecule has 3 N–H and O–H groups in total. The highest BCUT2D eigenvalue weighted by atomic mass is 32.2. The Morgan fingerprint density at radius 3 is 2.41 bits per heavy atom. The Morgan fingerprint density at radius 2 is 1.79 bits per heavy atom. The third-order valence-corrected chi connectivity index (χ3v) is 6.01. The van der Waals surface area contributed by atoms with Crippen LogP contribution in [0.4, 0.5) is 0 Å². The molecule has 0 saturated heterocycles. The molecule has 154 valence electrons. The number of thioether (sulfide) groups is 2. The second kappa shape index (κ2) is 12.3. The number of hydrogen-bond donors (Lipinski definition) is 2. The minimum atomic E-state index is -0.714. The molecular weight excluding hydrogens is 406 g/mol. The molecule has 2 atom stereocenters. The fourth-order valence-corrected chi connectivity index (χ4v) is 4.08. The van der Waals surface area contributed by atoms with Crippen molar-refractivity contribution in [2.75, 3.05) is 17.8 Å². The summed E-state index contributed by atoms with van der Waals surface area (Å²) >= 11 is 2.68. The number of amides is 2. The van der Waals surface area contributed by atoms with Gasteiger partial charge in [0.15, 0.2) is 0 Å². The molecule has 0 unspecified atom stereocenters. The monoisotopic (exact) mass is 431 g/mol. The van der Waals surface area contributed by atoms with E-state index in [1.165, 1.54) is 0 Å². The van der Waals surface area contributed by atoms with Crippen molar-refractivity contribution in [3.8, 4) is 0 Å². The van der Waals surface area contributed by atoms with E-state index in [1.54, 1.807) is 36.3 Å². The molecule has 0 fully saturated rings. The van der Waals surface area contributed by atoms with Gasteiger partial charge in [-0.15, -0.1) is 0 Å². The highest BCUT2D eigenvalue weighted by Crippen LogP contribution is 2.19. The van der Waals surface area contributed by atoms with Crippen LogP contribution in [0.1, 0.15) is 22.3 Å². The van der Waals surface area contributed by atoms with Gasteiger partial charge in [0.05, 0.1) is 5.92 Å². The molecule has 0 saturated carbocycles. The molecule has 0 aliphatic rings. The Hall–Kier alpha value is -2.32. The highest BCUT2D eigenvalue weighted by Gasteiger charge is 2.25. The maximum absolute atomic E-state index is 12.9. The zero-order chi connectivity index (χ0) is 21.1. The van der Waals surface area contributed by atoms with Crippen molar-refractivity contribution in [2.24, 2.45) is 11.7 Å². The third kappa shape index (κ3) is 7.91. The van der Waals surface area contributed by atoms with Crippen molar-refractivity contribution in [1.82, 2.24) is 10.3 Å². The first-order valence-corrected chi connectivity index (χ1v) is 11.6. The molecule has 2 amide bonds. The molecule has 2 aromatic rings. The molecular formula is C21H25N3O3S2. The van der Waals surface area contributed by atoms with Gasteiger partial charge in [-0.2, -0.15) is 11.8 Å². The normalized spacial score (nSPS) is 12.7. The van der Waals surface area contributed by atoms with E-state index < -0.39 is 17.9 Å². The Labute approximate surface area is 179 Å². The van der Waals surface area contributed by atoms with E-state index in [0.29, 0.717) is 29.9 Å². The number of nitrogens with one attached hydrogen (secondary N) is 1. The zero-order valence-corrected chi connectivity index (χ0v) is 17.9. The molecule has 8 heteroatoms. The smallest absolute Gasteiger partial charge is 0.240 e. The Balaban J connectivity index is 2.08. The van der Waals surface area contributed by atoms with Gasteiger partial charge in [0.25, 0.3) is 0 Å². The van der Waals surface area contributed by atoms with Gasteiger partial charge in [0, 0.05) is 23.7 Å². The molecule has 1 heterocycles. The summed E-state index contributed by atoms with van der Waals surface area (Å²) in [5.41, 5.74) is 6.98. The largest absolute Gasteiger partial charge is 0.368 e. The van der Waals surface area contributed by atoms with Crippen LogP contribution < -0.4 is 11.1 Å². The predicted octanol–water partition coefficient (Wildman–Crippen LogP) is 2.54. The summed E-state index contributed by atoms with van der Waals surface area (Å²) in [6.07, 6.45) is 6.00. The van der Waals surface area contributed by atoms with Crippen molar-refractivity contribution in [2.45, 2.75) is 18.9 Å². The van der Waals surface area contributed by atoms with Crippen LogP contribution in [0.25, 0.3) is 0 Å². The number of benzene rings is 1. The number of rotatable bonds is 11. The number of nitrogens with two attached hydrogens (primary N) is 1. The van der Waals surface area contributed by atoms with Gasteiger partial charge < -0.3 is 11.1 Å². The van der Waals surface area contributed by atoms with Gasteiger partial charge in [-0.05, 0) is 42.5 Å². The lowest BCUT2D eigenvalue weighted by Crippen LogP contribution is -2.47. The van der Waals surface area contributed by atoms with E-state index >= 15 is 0 Å². The summed E-state index contributed by atoms with van der Waals surface area (Å²) in [4.78, 5) is 41.0. The molecule has 0 aliphatic heterocycles. The van der Waals surface area contributed by atoms with Crippen LogP contribution in [-0.4, -0.2) is 45.7 Å². The van der Waals surface area contributed by atoms with Crippen molar-refractivity contribution < 1.29 is 14.4 Å². The van der Waals surface area contributed by atoms with Crippen molar-refractivity contribution >= 4 is 40.5 Å². The van der Waals surface area contributed by atoms with Crippen molar-refractivity contribution in [3.05, 3.63) is 66.0 Å². The maximum Gasteiger partial charge on any atom is 0.240 e. The minimum absolute atomic E-state index is 0.118. The minimum Gasteiger partial charge on any atom is -0.368 e. The van der Waals surface area contributed by atoms with Crippen LogP contribution in [0.15, 0.2) is 54.9 Å². The van der Waals surface area contributed by atoms with Gasteiger partial charge in [-0.25, -0.2) is 0 Å². The molecule has 0 radical (unpaired) electrons. The first kappa shape index (κ1) is 23.0. The number of primary amides is 1. The molecule has 1 aromatic carbocycles. The number of nitrogens with zero attached hydrogens (tertiary/aromatic N) is 1. The summed E-state index contributed by atoms with van der Waals surface area (Å²) in [5, 5.41) is 2.66. The van der Waals surface area contributed by atoms with Crippen LogP contribution in [0.3, 0.4) is 0 Å². The number of pyridine rings is 1. The van der Waals surface area contributed by atoms with Gasteiger partial charge in [0.1, 0.15) is 6.04 Å². The van der Waals surface area contributed by atoms with Gasteiger partial charge in [-0.1, -0.05) is 42.1 Å². The first-order valence-electron chi connectivity index (χ1n) is 9.21. The Kier molecular flexibility index (Phi) is 9.73. The van der Waals surface area contributed by atoms with Crippen LogP contribution in [0, 0.1) is 5.92 Å². The second-order valence-corrected chi connectivity index (χ2v) is 8.44. The SMILES string of the molecule is CSCC[C@H](NC(=O)[C@@H](CSC(=O)c1ccncc1)Cc1ccccc1)C(N)=O. The average molecular weight is 432 g/mol. The molecule has 0 spiro atoms. The van der Waals surface area contributed by atoms with Crippen molar-refractivity contribution in [1.29, 1.82) is 0 Å². The number of aromatic nitrogens is 1. The lowest BCUT2D eigenvalue weighted by molar-refractivity contribution is -0.129. The molecule has 6 nitrogen and oxygen atoms in total. The van der Waals surface area contributed by atoms with Gasteiger partial charge in [0.2, 0.25) is 16.9 Å². The second-order valence-electron chi connectivity index (χ2n) is 6.47. The van der Waals surface area contributed by atoms with E-state index in [1.807, 2.05) is 36.6 Å². The van der Waals surface area contributed by atoms with E-state index in [-0.39, 0.29) is 11.0 Å². The topological polar surface area (TPSA) is 102 Å². The molecule has 0 aliphatic carbocycles. The molecule has 1 aromatic heterocycles. The van der Waals surface area contributed by atoms with E-state index in [0.717, 1.165) is 17.3 Å². The quantitative estimate of drug-likeness (QED) is 0.567. The number of hydrogen-bond acceptors (Lipinski definition) is 6. The Bertz CT molecular complexity index is 803. The maximum atomic E-state index is 12.9. The molecule has 0 bridgehead atoms. The number of carbonyl (C=O) groups is 3. The predicted molar refractivity (Wildman–Crippen MR) is 119 cm³/mol. The zero-order valence-electron chi connectivity index (χ0n) is 16.2. The average Bonchev–Trinajstić information content (AvgIpc) is 2.74. The van der Waals surface area contributed by atoms with Crippen LogP contribution >= 0.6 is 23.5 Å². The Morgan fingerprint density at radius 1 is 1.10 bits per heavy atom. The van der Waals surface area contributed by atoms with Gasteiger partial charge in [-0.3, -0.25) is 19.4 Å². The van der Waals surface area contributed by atoms with E-state index in [9.17, 15) is 14.4 Å². The summed E-state index contributed by atoms with van der Waals surface area (Å²) in [6, 6.07) is 12.2.